The van der Waals surface area contributed by atoms with Crippen LogP contribution in [0, 0.1) is 6.92 Å². The van der Waals surface area contributed by atoms with E-state index in [-0.39, 0.29) is 39.6 Å². The lowest BCUT2D eigenvalue weighted by atomic mass is 10.0. The minimum absolute atomic E-state index is 0.0292. The van der Waals surface area contributed by atoms with Gasteiger partial charge in [-0.3, -0.25) is 13.9 Å². The van der Waals surface area contributed by atoms with E-state index in [0.717, 1.165) is 17.7 Å². The van der Waals surface area contributed by atoms with E-state index in [0.29, 0.717) is 21.5 Å². The number of nitrogens with zero attached hydrogens (tertiary/aromatic N) is 2. The lowest BCUT2D eigenvalue weighted by Gasteiger charge is -2.34. The predicted molar refractivity (Wildman–Crippen MR) is 181 cm³/mol. The van der Waals surface area contributed by atoms with Crippen molar-refractivity contribution >= 4 is 50.7 Å². The molecule has 13 heteroatoms. The molecule has 0 bridgehead atoms. The maximum Gasteiger partial charge on any atom is 0.416 e. The molecule has 0 aliphatic heterocycles. The topological polar surface area (TPSA) is 86.8 Å². The van der Waals surface area contributed by atoms with Gasteiger partial charge in [-0.15, -0.1) is 0 Å². The molecule has 0 heterocycles. The van der Waals surface area contributed by atoms with Crippen LogP contribution >= 0.6 is 23.2 Å². The molecule has 0 spiro atoms. The average Bonchev–Trinajstić information content (AvgIpc) is 3.02. The molecule has 4 rings (SSSR count). The largest absolute Gasteiger partial charge is 0.416 e. The zero-order chi connectivity index (χ0) is 35.2. The van der Waals surface area contributed by atoms with Crippen molar-refractivity contribution < 1.29 is 31.2 Å². The Kier molecular flexibility index (Phi) is 11.8. The number of hydrogen-bond donors (Lipinski definition) is 1. The Hall–Kier alpha value is -4.06. The molecule has 0 aliphatic rings. The van der Waals surface area contributed by atoms with Gasteiger partial charge in [-0.25, -0.2) is 8.42 Å². The molecule has 0 aliphatic carbocycles. The molecule has 7 nitrogen and oxygen atoms in total. The van der Waals surface area contributed by atoms with Crippen molar-refractivity contribution in [3.63, 3.8) is 0 Å². The van der Waals surface area contributed by atoms with Crippen molar-refractivity contribution in [2.75, 3.05) is 10.8 Å². The van der Waals surface area contributed by atoms with Crippen LogP contribution in [-0.2, 0) is 38.8 Å². The van der Waals surface area contributed by atoms with Gasteiger partial charge in [0, 0.05) is 34.6 Å². The molecule has 0 saturated carbocycles. The average molecular weight is 721 g/mol. The first-order valence-electron chi connectivity index (χ1n) is 14.9. The number of nitrogens with one attached hydrogen (secondary N) is 1. The van der Waals surface area contributed by atoms with Crippen molar-refractivity contribution in [1.82, 2.24) is 10.2 Å². The van der Waals surface area contributed by atoms with Gasteiger partial charge in [0.1, 0.15) is 12.6 Å². The Labute approximate surface area is 288 Å². The number of halogens is 5. The van der Waals surface area contributed by atoms with Crippen LogP contribution in [0.3, 0.4) is 0 Å². The predicted octanol–water partition coefficient (Wildman–Crippen LogP) is 7.68. The Balaban J connectivity index is 1.88. The molecule has 4 aromatic rings. The van der Waals surface area contributed by atoms with Crippen molar-refractivity contribution in [3.05, 3.63) is 129 Å². The van der Waals surface area contributed by atoms with Crippen LogP contribution in [0.1, 0.15) is 36.1 Å². The van der Waals surface area contributed by atoms with Crippen molar-refractivity contribution in [3.8, 4) is 0 Å². The highest BCUT2D eigenvalue weighted by Crippen LogP contribution is 2.34. The lowest BCUT2D eigenvalue weighted by molar-refractivity contribution is -0.140. The van der Waals surface area contributed by atoms with Gasteiger partial charge in [0.15, 0.2) is 0 Å². The van der Waals surface area contributed by atoms with E-state index in [1.54, 1.807) is 69.3 Å². The van der Waals surface area contributed by atoms with Crippen molar-refractivity contribution in [2.24, 2.45) is 0 Å². The fraction of sp³-hybridized carbons (Fsp3) is 0.257. The van der Waals surface area contributed by atoms with Crippen LogP contribution in [0.5, 0.6) is 0 Å². The molecule has 1 atom stereocenters. The number of carbonyl (C=O) groups excluding carboxylic acids is 2. The summed E-state index contributed by atoms with van der Waals surface area (Å²) in [6, 6.07) is 21.5. The first-order chi connectivity index (χ1) is 22.6. The summed E-state index contributed by atoms with van der Waals surface area (Å²) in [5, 5.41) is 3.23. The van der Waals surface area contributed by atoms with Crippen molar-refractivity contribution in [2.45, 2.75) is 56.9 Å². The summed E-state index contributed by atoms with van der Waals surface area (Å²) in [4.78, 5) is 29.2. The van der Waals surface area contributed by atoms with Gasteiger partial charge < -0.3 is 10.2 Å². The maximum absolute atomic E-state index is 14.5. The van der Waals surface area contributed by atoms with Gasteiger partial charge in [0.2, 0.25) is 11.8 Å². The number of benzene rings is 4. The molecule has 4 aromatic carbocycles. The second-order valence-electron chi connectivity index (χ2n) is 11.5. The number of rotatable bonds is 12. The molecule has 0 aromatic heterocycles. The van der Waals surface area contributed by atoms with E-state index in [9.17, 15) is 31.2 Å². The van der Waals surface area contributed by atoms with Gasteiger partial charge in [0.25, 0.3) is 10.0 Å². The van der Waals surface area contributed by atoms with Crippen LogP contribution in [-0.4, -0.2) is 43.8 Å². The monoisotopic (exact) mass is 719 g/mol. The first kappa shape index (κ1) is 36.8. The van der Waals surface area contributed by atoms with E-state index in [1.165, 1.54) is 35.2 Å². The molecule has 1 unspecified atom stereocenters. The molecule has 254 valence electrons. The standard InChI is InChI=1S/C35H34Cl2F3N3O4S/c1-23(2)41-34(45)32(19-25-9-5-4-6-10-25)42(21-29-30(36)13-8-14-31(29)37)33(44)22-43(27-12-7-11-26(20-27)35(38,39)40)48(46,47)28-17-15-24(3)16-18-28/h4-18,20,23,32H,19,21-22H2,1-3H3,(H,41,45). The molecule has 0 fully saturated rings. The van der Waals surface area contributed by atoms with E-state index in [1.807, 2.05) is 0 Å². The Morgan fingerprint density at radius 1 is 0.854 bits per heavy atom. The zero-order valence-corrected chi connectivity index (χ0v) is 28.7. The zero-order valence-electron chi connectivity index (χ0n) is 26.3. The molecule has 0 radical (unpaired) electrons. The third kappa shape index (κ3) is 9.09. The number of anilines is 1. The fourth-order valence-electron chi connectivity index (χ4n) is 4.99. The minimum atomic E-state index is -4.79. The summed E-state index contributed by atoms with van der Waals surface area (Å²) < 4.78 is 70.3. The third-order valence-electron chi connectivity index (χ3n) is 7.44. The summed E-state index contributed by atoms with van der Waals surface area (Å²) in [7, 11) is -4.61. The highest BCUT2D eigenvalue weighted by molar-refractivity contribution is 7.92. The van der Waals surface area contributed by atoms with Gasteiger partial charge in [-0.05, 0) is 68.8 Å². The number of aryl methyl sites for hydroxylation is 1. The Morgan fingerprint density at radius 3 is 2.04 bits per heavy atom. The molecular formula is C35H34Cl2F3N3O4S. The van der Waals surface area contributed by atoms with Gasteiger partial charge in [-0.2, -0.15) is 13.2 Å². The summed E-state index contributed by atoms with van der Waals surface area (Å²) >= 11 is 13.0. The van der Waals surface area contributed by atoms with Gasteiger partial charge >= 0.3 is 6.18 Å². The summed E-state index contributed by atoms with van der Waals surface area (Å²) in [6.07, 6.45) is -4.76. The molecule has 0 saturated heterocycles. The minimum Gasteiger partial charge on any atom is -0.352 e. The molecule has 48 heavy (non-hydrogen) atoms. The van der Waals surface area contributed by atoms with Crippen LogP contribution in [0.25, 0.3) is 0 Å². The van der Waals surface area contributed by atoms with Gasteiger partial charge in [0.05, 0.1) is 16.1 Å². The highest BCUT2D eigenvalue weighted by Gasteiger charge is 2.37. The second-order valence-corrected chi connectivity index (χ2v) is 14.1. The molecule has 2 amide bonds. The summed E-state index contributed by atoms with van der Waals surface area (Å²) in [5.74, 6) is -1.41. The van der Waals surface area contributed by atoms with Crippen LogP contribution in [0.4, 0.5) is 18.9 Å². The number of hydrogen-bond acceptors (Lipinski definition) is 4. The summed E-state index contributed by atoms with van der Waals surface area (Å²) in [6.45, 7) is 3.99. The molecular weight excluding hydrogens is 686 g/mol. The van der Waals surface area contributed by atoms with Crippen molar-refractivity contribution in [1.29, 1.82) is 0 Å². The number of carbonyl (C=O) groups is 2. The van der Waals surface area contributed by atoms with E-state index in [2.05, 4.69) is 5.32 Å². The van der Waals surface area contributed by atoms with E-state index < -0.39 is 46.2 Å². The maximum atomic E-state index is 14.5. The van der Waals surface area contributed by atoms with Gasteiger partial charge in [-0.1, -0.05) is 83.4 Å². The normalized spacial score (nSPS) is 12.4. The fourth-order valence-corrected chi connectivity index (χ4v) is 6.91. The highest BCUT2D eigenvalue weighted by atomic mass is 35.5. The van der Waals surface area contributed by atoms with E-state index >= 15 is 0 Å². The second kappa shape index (κ2) is 15.4. The van der Waals surface area contributed by atoms with Crippen LogP contribution < -0.4 is 9.62 Å². The SMILES string of the molecule is Cc1ccc(S(=O)(=O)N(CC(=O)N(Cc2c(Cl)cccc2Cl)C(Cc2ccccc2)C(=O)NC(C)C)c2cccc(C(F)(F)F)c2)cc1. The third-order valence-corrected chi connectivity index (χ3v) is 9.94. The first-order valence-corrected chi connectivity index (χ1v) is 17.1. The number of amides is 2. The summed E-state index contributed by atoms with van der Waals surface area (Å²) in [5.41, 5.74) is 0.261. The van der Waals surface area contributed by atoms with Crippen LogP contribution in [0.2, 0.25) is 10.0 Å². The Morgan fingerprint density at radius 2 is 1.46 bits per heavy atom. The smallest absolute Gasteiger partial charge is 0.352 e. The lowest BCUT2D eigenvalue weighted by Crippen LogP contribution is -2.54. The van der Waals surface area contributed by atoms with E-state index in [4.69, 9.17) is 23.2 Å². The Bertz CT molecular complexity index is 1840. The quantitative estimate of drug-likeness (QED) is 0.163. The van der Waals surface area contributed by atoms with Crippen LogP contribution in [0.15, 0.2) is 102 Å². The number of alkyl halides is 3. The number of sulfonamides is 1. The molecule has 1 N–H and O–H groups in total.